The van der Waals surface area contributed by atoms with E-state index in [1.54, 1.807) is 6.42 Å². The smallest absolute Gasteiger partial charge is 0.127 e. The van der Waals surface area contributed by atoms with Crippen molar-refractivity contribution in [2.24, 2.45) is 11.8 Å². The van der Waals surface area contributed by atoms with Crippen LogP contribution in [-0.4, -0.2) is 39.1 Å². The van der Waals surface area contributed by atoms with Gasteiger partial charge in [-0.25, -0.2) is 4.98 Å². The number of aromatic nitrogens is 2. The van der Waals surface area contributed by atoms with Crippen LogP contribution >= 0.6 is 0 Å². The Bertz CT molecular complexity index is 947. The van der Waals surface area contributed by atoms with Crippen molar-refractivity contribution in [3.05, 3.63) is 30.1 Å². The van der Waals surface area contributed by atoms with E-state index in [0.717, 1.165) is 36.5 Å². The normalized spacial score (nSPS) is 39.6. The second-order valence-corrected chi connectivity index (χ2v) is 12.2. The molecule has 3 saturated heterocycles. The van der Waals surface area contributed by atoms with E-state index in [0.29, 0.717) is 12.1 Å². The van der Waals surface area contributed by atoms with Crippen molar-refractivity contribution < 1.29 is 0 Å². The summed E-state index contributed by atoms with van der Waals surface area (Å²) in [4.78, 5) is 8.32. The molecule has 0 spiro atoms. The average molecular weight is 447 g/mol. The van der Waals surface area contributed by atoms with Crippen LogP contribution in [0.15, 0.2) is 24.3 Å². The molecular weight excluding hydrogens is 404 g/mol. The lowest BCUT2D eigenvalue weighted by Gasteiger charge is -2.54. The molecule has 4 bridgehead atoms. The zero-order valence-corrected chi connectivity index (χ0v) is 20.3. The first-order chi connectivity index (χ1) is 16.3. The minimum absolute atomic E-state index is 0.441. The molecule has 1 aromatic heterocycles. The molecule has 0 unspecified atom stereocenters. The highest BCUT2D eigenvalue weighted by atomic mass is 15.3. The quantitative estimate of drug-likeness (QED) is 0.594. The van der Waals surface area contributed by atoms with Gasteiger partial charge in [0.05, 0.1) is 17.1 Å². The van der Waals surface area contributed by atoms with E-state index in [-0.39, 0.29) is 0 Å². The number of nitrogens with one attached hydrogen (secondary N) is 1. The van der Waals surface area contributed by atoms with E-state index in [1.807, 2.05) is 0 Å². The third kappa shape index (κ3) is 3.76. The average Bonchev–Trinajstić information content (AvgIpc) is 3.45. The maximum absolute atomic E-state index is 5.21. The second-order valence-electron chi connectivity index (χ2n) is 12.2. The molecule has 3 aliphatic heterocycles. The van der Waals surface area contributed by atoms with Gasteiger partial charge in [-0.3, -0.25) is 4.90 Å². The van der Waals surface area contributed by atoms with Crippen molar-refractivity contribution in [1.29, 1.82) is 0 Å². The number of piperidine rings is 2. The summed E-state index contributed by atoms with van der Waals surface area (Å²) in [7, 11) is 0. The largest absolute Gasteiger partial charge is 0.323 e. The maximum atomic E-state index is 5.21. The van der Waals surface area contributed by atoms with Gasteiger partial charge < -0.3 is 9.88 Å². The van der Waals surface area contributed by atoms with Crippen LogP contribution in [0.5, 0.6) is 0 Å². The molecule has 2 aromatic rings. The first-order valence-electron chi connectivity index (χ1n) is 14.3. The van der Waals surface area contributed by atoms with E-state index in [4.69, 9.17) is 4.98 Å². The molecule has 1 N–H and O–H groups in total. The van der Waals surface area contributed by atoms with Crippen molar-refractivity contribution in [3.8, 4) is 0 Å². The molecule has 4 nitrogen and oxygen atoms in total. The number of hydrogen-bond donors (Lipinski definition) is 1. The van der Waals surface area contributed by atoms with Gasteiger partial charge in [-0.15, -0.1) is 0 Å². The number of benzene rings is 1. The van der Waals surface area contributed by atoms with Crippen LogP contribution in [0, 0.1) is 11.8 Å². The molecule has 0 radical (unpaired) electrons. The summed E-state index contributed by atoms with van der Waals surface area (Å²) < 4.78 is 2.71. The zero-order chi connectivity index (χ0) is 21.8. The van der Waals surface area contributed by atoms with Gasteiger partial charge in [0.15, 0.2) is 0 Å². The van der Waals surface area contributed by atoms with Crippen LogP contribution < -0.4 is 5.32 Å². The van der Waals surface area contributed by atoms with Crippen molar-refractivity contribution in [2.75, 3.05) is 6.54 Å². The van der Waals surface area contributed by atoms with Gasteiger partial charge in [0.1, 0.15) is 5.82 Å². The van der Waals surface area contributed by atoms with Crippen LogP contribution in [-0.2, 0) is 0 Å². The lowest BCUT2D eigenvalue weighted by Crippen LogP contribution is -2.58. The number of hydrogen-bond acceptors (Lipinski definition) is 3. The summed E-state index contributed by atoms with van der Waals surface area (Å²) in [5.41, 5.74) is 2.58. The fraction of sp³-hybridized carbons (Fsp3) is 0.759. The minimum Gasteiger partial charge on any atom is -0.323 e. The highest BCUT2D eigenvalue weighted by Crippen LogP contribution is 2.47. The van der Waals surface area contributed by atoms with Crippen molar-refractivity contribution >= 4 is 11.0 Å². The standard InChI is InChI=1S/C29H42N4/c1-2-8-21-15-20(7-1)16-24(17-21)32-22-9-5-10-23(32)19-25(18-22)33-28-13-4-3-11-26(28)31-29(33)27-12-6-14-30-27/h3-4,11,13,20-25,27,30H,1-2,5-10,12,14-19H2/t20-,21+,22-,23+,24+,25-,27-/m1/s1. The third-order valence-electron chi connectivity index (χ3n) is 10.1. The molecule has 2 saturated carbocycles. The van der Waals surface area contributed by atoms with Gasteiger partial charge in [0.25, 0.3) is 0 Å². The monoisotopic (exact) mass is 446 g/mol. The molecule has 5 fully saturated rings. The van der Waals surface area contributed by atoms with Gasteiger partial charge in [-0.1, -0.05) is 44.2 Å². The number of nitrogens with zero attached hydrogens (tertiary/aromatic N) is 3. The molecule has 4 heteroatoms. The van der Waals surface area contributed by atoms with Crippen LogP contribution in [0.25, 0.3) is 11.0 Å². The Labute approximate surface area is 199 Å². The van der Waals surface area contributed by atoms with Gasteiger partial charge in [0.2, 0.25) is 0 Å². The Morgan fingerprint density at radius 1 is 0.697 bits per heavy atom. The molecule has 178 valence electrons. The van der Waals surface area contributed by atoms with E-state index in [1.165, 1.54) is 100 Å². The molecule has 5 aliphatic rings. The Morgan fingerprint density at radius 3 is 2.18 bits per heavy atom. The summed E-state index contributed by atoms with van der Waals surface area (Å²) in [5, 5.41) is 3.76. The zero-order valence-electron chi connectivity index (χ0n) is 20.3. The fourth-order valence-electron chi connectivity index (χ4n) is 8.90. The molecule has 1 aromatic carbocycles. The fourth-order valence-corrected chi connectivity index (χ4v) is 8.90. The summed E-state index contributed by atoms with van der Waals surface area (Å²) >= 11 is 0. The van der Waals surface area contributed by atoms with E-state index in [9.17, 15) is 0 Å². The summed E-state index contributed by atoms with van der Waals surface area (Å²) in [6.07, 6.45) is 20.0. The van der Waals surface area contributed by atoms with Gasteiger partial charge in [0, 0.05) is 24.2 Å². The van der Waals surface area contributed by atoms with Crippen LogP contribution in [0.2, 0.25) is 0 Å². The molecular formula is C29H42N4. The van der Waals surface area contributed by atoms with Crippen LogP contribution in [0.1, 0.15) is 108 Å². The van der Waals surface area contributed by atoms with Gasteiger partial charge in [-0.05, 0) is 88.3 Å². The molecule has 7 atom stereocenters. The molecule has 0 amide bonds. The minimum atomic E-state index is 0.441. The number of imidazole rings is 1. The predicted molar refractivity (Wildman–Crippen MR) is 134 cm³/mol. The first-order valence-corrected chi connectivity index (χ1v) is 14.3. The topological polar surface area (TPSA) is 33.1 Å². The highest BCUT2D eigenvalue weighted by Gasteiger charge is 2.45. The SMILES string of the molecule is c1ccc2c(c1)nc([C@H]1CCCN1)n2[C@@H]1C[C@H]2CCC[C@@H](C1)N2[C@H]1C[C@@H]2CCCC[C@@H](C2)C1. The lowest BCUT2D eigenvalue weighted by molar-refractivity contribution is -0.0421. The van der Waals surface area contributed by atoms with E-state index in [2.05, 4.69) is 39.0 Å². The maximum Gasteiger partial charge on any atom is 0.127 e. The van der Waals surface area contributed by atoms with Crippen molar-refractivity contribution in [2.45, 2.75) is 120 Å². The van der Waals surface area contributed by atoms with Gasteiger partial charge in [-0.2, -0.15) is 0 Å². The van der Waals surface area contributed by atoms with Crippen molar-refractivity contribution in [3.63, 3.8) is 0 Å². The highest BCUT2D eigenvalue weighted by molar-refractivity contribution is 5.76. The lowest BCUT2D eigenvalue weighted by atomic mass is 9.73. The van der Waals surface area contributed by atoms with Gasteiger partial charge >= 0.3 is 0 Å². The molecule has 4 heterocycles. The first kappa shape index (κ1) is 20.9. The summed E-state index contributed by atoms with van der Waals surface area (Å²) in [6, 6.07) is 12.4. The van der Waals surface area contributed by atoms with E-state index >= 15 is 0 Å². The Hall–Kier alpha value is -1.39. The Kier molecular flexibility index (Phi) is 5.51. The van der Waals surface area contributed by atoms with E-state index < -0.39 is 0 Å². The second kappa shape index (κ2) is 8.68. The number of rotatable bonds is 3. The van der Waals surface area contributed by atoms with Crippen molar-refractivity contribution in [1.82, 2.24) is 19.8 Å². The van der Waals surface area contributed by atoms with Crippen LogP contribution in [0.4, 0.5) is 0 Å². The third-order valence-corrected chi connectivity index (χ3v) is 10.1. The molecule has 2 aliphatic carbocycles. The molecule has 33 heavy (non-hydrogen) atoms. The summed E-state index contributed by atoms with van der Waals surface area (Å²) in [6.45, 7) is 1.14. The predicted octanol–water partition coefficient (Wildman–Crippen LogP) is 6.38. The number of fused-ring (bicyclic) bond motifs is 5. The molecule has 7 rings (SSSR count). The van der Waals surface area contributed by atoms with Crippen LogP contribution in [0.3, 0.4) is 0 Å². The Balaban J connectivity index is 1.19. The Morgan fingerprint density at radius 2 is 1.45 bits per heavy atom. The number of para-hydroxylation sites is 2. The summed E-state index contributed by atoms with van der Waals surface area (Å²) in [5.74, 6) is 3.37.